The summed E-state index contributed by atoms with van der Waals surface area (Å²) in [4.78, 5) is 7.31. The van der Waals surface area contributed by atoms with Gasteiger partial charge in [0.05, 0.1) is 5.69 Å². The van der Waals surface area contributed by atoms with E-state index < -0.39 is 0 Å². The fourth-order valence-corrected chi connectivity index (χ4v) is 19.7. The molecule has 12 aromatic carbocycles. The zero-order chi connectivity index (χ0) is 74.6. The smallest absolute Gasteiger partial charge is 0.0540 e. The van der Waals surface area contributed by atoms with Crippen molar-refractivity contribution >= 4 is 51.2 Å². The maximum atomic E-state index is 2.46. The highest BCUT2D eigenvalue weighted by atomic mass is 15.2. The van der Waals surface area contributed by atoms with Crippen LogP contribution in [0.5, 0.6) is 0 Å². The third-order valence-corrected chi connectivity index (χ3v) is 26.0. The van der Waals surface area contributed by atoms with Crippen molar-refractivity contribution in [3.05, 3.63) is 343 Å². The van der Waals surface area contributed by atoms with Gasteiger partial charge in [0.1, 0.15) is 0 Å². The first kappa shape index (κ1) is 75.1. The highest BCUT2D eigenvalue weighted by molar-refractivity contribution is 5.88. The van der Waals surface area contributed by atoms with E-state index in [4.69, 9.17) is 0 Å². The Balaban J connectivity index is 0.000000126. The monoisotopic (exact) mass is 1460 g/mol. The number of para-hydroxylation sites is 1. The number of hydrogen-bond donors (Lipinski definition) is 0. The Kier molecular flexibility index (Phi) is 25.6. The summed E-state index contributed by atoms with van der Waals surface area (Å²) in [5.41, 5.74) is 27.6. The largest absolute Gasteiger partial charge is 0.311 e. The van der Waals surface area contributed by atoms with Gasteiger partial charge in [-0.1, -0.05) is 322 Å². The second kappa shape index (κ2) is 37.8. The van der Waals surface area contributed by atoms with Crippen molar-refractivity contribution in [2.45, 2.75) is 228 Å². The van der Waals surface area contributed by atoms with E-state index in [0.29, 0.717) is 0 Å². The number of anilines is 9. The number of benzene rings is 12. The summed E-state index contributed by atoms with van der Waals surface area (Å²) in [5.74, 6) is 4.37. The number of nitrogens with zero attached hydrogens (tertiary/aromatic N) is 3. The molecule has 3 nitrogen and oxygen atoms in total. The van der Waals surface area contributed by atoms with Crippen LogP contribution in [-0.4, -0.2) is 0 Å². The molecule has 0 amide bonds. The van der Waals surface area contributed by atoms with Crippen LogP contribution in [0.25, 0.3) is 33.4 Å². The Bertz CT molecular complexity index is 4560. The lowest BCUT2D eigenvalue weighted by molar-refractivity contribution is 0.443. The number of hydrogen-bond acceptors (Lipinski definition) is 3. The molecule has 0 aliphatic heterocycles. The maximum absolute atomic E-state index is 2.46. The van der Waals surface area contributed by atoms with Gasteiger partial charge in [-0.3, -0.25) is 0 Å². The van der Waals surface area contributed by atoms with Crippen LogP contribution in [-0.2, 0) is 0 Å². The van der Waals surface area contributed by atoms with Crippen LogP contribution in [0.15, 0.2) is 309 Å². The molecule has 0 atom stereocenters. The molecule has 18 rings (SSSR count). The van der Waals surface area contributed by atoms with E-state index in [1.807, 2.05) is 0 Å². The van der Waals surface area contributed by atoms with Crippen LogP contribution in [0, 0.1) is 0 Å². The van der Waals surface area contributed by atoms with E-state index in [1.165, 1.54) is 311 Å². The van der Waals surface area contributed by atoms with E-state index >= 15 is 0 Å². The standard InChI is InChI=1S/3C36H39N/c1-4-12-28(13-5-1)30-20-24-33(25-21-30)37(34-26-22-31(23-27-34)29-14-6-2-7-15-29)36-19-11-10-18-35(36)32-16-8-3-9-17-32;1-4-11-28(12-5-1)31-19-23-34(24-20-31)37(35-25-21-32(22-26-35)29-13-6-2-7-14-29)36-18-10-17-33(27-36)30-15-8-3-9-16-30;1-4-10-28(11-5-1)31-16-22-34(23-17-31)37(35-24-18-32(19-25-35)29-12-6-2-7-13-29)36-26-20-33(21-27-36)30-14-8-3-9-15-30/h3,8-11,16-29H,1-2,4-7,12-15H2;3,8-10,15-29H,1-2,4-7,11-14H2;1,4-5,10-11,16-27,29-30H,2-3,6-9,12-15H2. The molecule has 0 radical (unpaired) electrons. The minimum absolute atomic E-state index is 0.725. The summed E-state index contributed by atoms with van der Waals surface area (Å²) in [6.45, 7) is 0. The summed E-state index contributed by atoms with van der Waals surface area (Å²) in [6, 6.07) is 116. The average Bonchev–Trinajstić information content (AvgIpc) is 0.797. The summed E-state index contributed by atoms with van der Waals surface area (Å²) in [5, 5.41) is 0. The van der Waals surface area contributed by atoms with Crippen LogP contribution in [0.3, 0.4) is 0 Å². The highest BCUT2D eigenvalue weighted by Gasteiger charge is 2.26. The molecule has 0 bridgehead atoms. The Labute approximate surface area is 665 Å². The Morgan fingerprint density at radius 3 is 0.685 bits per heavy atom. The zero-order valence-electron chi connectivity index (χ0n) is 66.0. The van der Waals surface area contributed by atoms with Crippen LogP contribution in [0.2, 0.25) is 0 Å². The van der Waals surface area contributed by atoms with Gasteiger partial charge in [0.25, 0.3) is 0 Å². The molecule has 564 valence electrons. The predicted molar refractivity (Wildman–Crippen MR) is 475 cm³/mol. The quantitative estimate of drug-likeness (QED) is 0.0848. The Hall–Kier alpha value is -9.96. The fraction of sp³-hybridized carbons (Fsp3) is 0.333. The van der Waals surface area contributed by atoms with Crippen LogP contribution in [0.4, 0.5) is 51.2 Å². The molecular formula is C108H117N3. The SMILES string of the molecule is c1ccc(-c2ccc(N(c3ccc(C4CCCCC4)cc3)c3ccc(C4CCCCC4)cc3)cc2)cc1.c1ccc(-c2cccc(N(c3ccc(C4CCCCC4)cc3)c3ccc(C4CCCCC4)cc3)c2)cc1.c1ccc(-c2ccccc2N(c2ccc(C3CCCCC3)cc2)c2ccc(C3CCCCC3)cc2)cc1. The summed E-state index contributed by atoms with van der Waals surface area (Å²) >= 11 is 0. The van der Waals surface area contributed by atoms with Gasteiger partial charge >= 0.3 is 0 Å². The molecule has 0 N–H and O–H groups in total. The first-order valence-corrected chi connectivity index (χ1v) is 43.5. The molecule has 6 saturated carbocycles. The van der Waals surface area contributed by atoms with Crippen molar-refractivity contribution in [2.24, 2.45) is 0 Å². The molecule has 0 spiro atoms. The molecule has 0 aromatic heterocycles. The number of rotatable bonds is 18. The highest BCUT2D eigenvalue weighted by Crippen LogP contribution is 2.47. The van der Waals surface area contributed by atoms with Gasteiger partial charge in [-0.2, -0.15) is 0 Å². The fourth-order valence-electron chi connectivity index (χ4n) is 19.7. The molecule has 0 unspecified atom stereocenters. The van der Waals surface area contributed by atoms with Gasteiger partial charge < -0.3 is 14.7 Å². The van der Waals surface area contributed by atoms with E-state index in [2.05, 4.69) is 324 Å². The predicted octanol–water partition coefficient (Wildman–Crippen LogP) is 32.8. The minimum atomic E-state index is 0.725. The van der Waals surface area contributed by atoms with Crippen molar-refractivity contribution in [3.63, 3.8) is 0 Å². The first-order chi connectivity index (χ1) is 55.1. The van der Waals surface area contributed by atoms with E-state index in [9.17, 15) is 0 Å². The maximum Gasteiger partial charge on any atom is 0.0540 e. The molecule has 0 saturated heterocycles. The lowest BCUT2D eigenvalue weighted by Gasteiger charge is -2.29. The molecule has 6 aliphatic carbocycles. The van der Waals surface area contributed by atoms with Gasteiger partial charge in [-0.15, -0.1) is 0 Å². The molecule has 111 heavy (non-hydrogen) atoms. The topological polar surface area (TPSA) is 9.72 Å². The second-order valence-corrected chi connectivity index (χ2v) is 33.3. The van der Waals surface area contributed by atoms with Crippen molar-refractivity contribution in [3.8, 4) is 33.4 Å². The Morgan fingerprint density at radius 1 is 0.153 bits per heavy atom. The van der Waals surface area contributed by atoms with Crippen LogP contribution < -0.4 is 14.7 Å². The van der Waals surface area contributed by atoms with Gasteiger partial charge in [0.15, 0.2) is 0 Å². The van der Waals surface area contributed by atoms with Crippen molar-refractivity contribution < 1.29 is 0 Å². The second-order valence-electron chi connectivity index (χ2n) is 33.3. The average molecular weight is 1460 g/mol. The minimum Gasteiger partial charge on any atom is -0.311 e. The third-order valence-electron chi connectivity index (χ3n) is 26.0. The van der Waals surface area contributed by atoms with E-state index in [1.54, 1.807) is 0 Å². The van der Waals surface area contributed by atoms with Crippen LogP contribution in [0.1, 0.15) is 262 Å². The summed E-state index contributed by atoms with van der Waals surface area (Å²) in [6.07, 6.45) is 40.9. The third kappa shape index (κ3) is 19.0. The zero-order valence-corrected chi connectivity index (χ0v) is 66.0. The Morgan fingerprint density at radius 2 is 0.378 bits per heavy atom. The van der Waals surface area contributed by atoms with Gasteiger partial charge in [-0.25, -0.2) is 0 Å². The van der Waals surface area contributed by atoms with Crippen molar-refractivity contribution in [1.29, 1.82) is 0 Å². The van der Waals surface area contributed by atoms with Crippen LogP contribution >= 0.6 is 0 Å². The first-order valence-electron chi connectivity index (χ1n) is 43.5. The lowest BCUT2D eigenvalue weighted by atomic mass is 9.84. The van der Waals surface area contributed by atoms with E-state index in [0.717, 1.165) is 35.5 Å². The van der Waals surface area contributed by atoms with Gasteiger partial charge in [0.2, 0.25) is 0 Å². The molecule has 0 heterocycles. The summed E-state index contributed by atoms with van der Waals surface area (Å²) < 4.78 is 0. The summed E-state index contributed by atoms with van der Waals surface area (Å²) in [7, 11) is 0. The normalized spacial score (nSPS) is 17.0. The molecule has 6 fully saturated rings. The molecule has 3 heteroatoms. The molecular weight excluding hydrogens is 1340 g/mol. The van der Waals surface area contributed by atoms with Crippen molar-refractivity contribution in [2.75, 3.05) is 14.7 Å². The van der Waals surface area contributed by atoms with Crippen molar-refractivity contribution in [1.82, 2.24) is 0 Å². The van der Waals surface area contributed by atoms with Gasteiger partial charge in [-0.05, 0) is 277 Å². The lowest BCUT2D eigenvalue weighted by Crippen LogP contribution is -2.12. The molecule has 6 aliphatic rings. The molecule has 12 aromatic rings. The van der Waals surface area contributed by atoms with E-state index in [-0.39, 0.29) is 0 Å². The van der Waals surface area contributed by atoms with Gasteiger partial charge in [0, 0.05) is 51.1 Å².